The summed E-state index contributed by atoms with van der Waals surface area (Å²) in [6.45, 7) is 0. The molecule has 19 rings (SSSR count). The van der Waals surface area contributed by atoms with Crippen LogP contribution in [-0.4, -0.2) is 0 Å². The summed E-state index contributed by atoms with van der Waals surface area (Å²) in [5, 5.41) is 12.1. The molecule has 0 spiro atoms. The second kappa shape index (κ2) is 27.5. The van der Waals surface area contributed by atoms with Crippen molar-refractivity contribution in [3.05, 3.63) is 425 Å². The van der Waals surface area contributed by atoms with E-state index in [0.29, 0.717) is 0 Å². The highest BCUT2D eigenvalue weighted by Gasteiger charge is 2.23. The van der Waals surface area contributed by atoms with Gasteiger partial charge in [-0.1, -0.05) is 328 Å². The van der Waals surface area contributed by atoms with E-state index in [2.05, 4.69) is 434 Å². The van der Waals surface area contributed by atoms with Crippen LogP contribution in [0.25, 0.3) is 154 Å². The molecule has 0 heterocycles. The zero-order valence-electron chi connectivity index (χ0n) is 58.3. The van der Waals surface area contributed by atoms with Gasteiger partial charge in [-0.05, 0) is 246 Å². The van der Waals surface area contributed by atoms with Crippen molar-refractivity contribution in [3.8, 4) is 100 Å². The monoisotopic (exact) mass is 1350 g/mol. The second-order valence-electron chi connectivity index (χ2n) is 27.6. The SMILES string of the molecule is c1ccc(-c2ccc(N(c3ccc(-c4ccccc4)c(-c4ccccc4)c3)c3cc4ccc(-c5ccc6cc(-c7ccc(-c8ccc(N(c9ccc(-c%10ccc%11ccccc%11c%10)cc9)c9ccc(-c%10ccc%11ccccc%11c%10)cc9)cc8-c8ccccc8)cc7)ccc6c5)cc4c4ccccc34)cc2)cc1. The number of anilines is 6. The van der Waals surface area contributed by atoms with E-state index in [1.54, 1.807) is 0 Å². The maximum absolute atomic E-state index is 2.45. The third-order valence-corrected chi connectivity index (χ3v) is 21.2. The van der Waals surface area contributed by atoms with Gasteiger partial charge in [0, 0.05) is 33.8 Å². The van der Waals surface area contributed by atoms with Crippen molar-refractivity contribution in [2.24, 2.45) is 0 Å². The number of nitrogens with zero attached hydrogens (tertiary/aromatic N) is 2. The summed E-state index contributed by atoms with van der Waals surface area (Å²) < 4.78 is 0. The number of benzene rings is 19. The molecule has 0 radical (unpaired) electrons. The van der Waals surface area contributed by atoms with Crippen LogP contribution in [0.5, 0.6) is 0 Å². The van der Waals surface area contributed by atoms with Gasteiger partial charge in [-0.2, -0.15) is 0 Å². The van der Waals surface area contributed by atoms with Gasteiger partial charge in [-0.15, -0.1) is 0 Å². The minimum absolute atomic E-state index is 1.07. The maximum atomic E-state index is 2.45. The molecule has 0 amide bonds. The molecule has 2 heteroatoms. The standard InChI is InChI=1S/C104H70N2/c1-5-19-71(20-6-1)74-47-57-94(58-48-74)106(96-60-62-97(78-23-7-2-8-24-78)103(70-96)80-27-11-4-12-28-80)104-68-91-46-45-90(67-101(91)99-31-17-18-32-100(99)104)89-44-43-87-65-86(41-42-88(87)66-89)75-33-37-81(38-34-75)98-61-59-95(69-102(98)79-25-9-3-10-26-79)105(92-53-49-76(50-54-92)84-39-35-72-21-13-15-29-82(72)63-84)93-55-51-77(52-56-93)85-40-36-73-22-14-16-30-83(73)64-85/h1-70H. The maximum Gasteiger partial charge on any atom is 0.0546 e. The molecule has 19 aromatic carbocycles. The summed E-state index contributed by atoms with van der Waals surface area (Å²) in [6, 6.07) is 156. The molecule has 0 aromatic heterocycles. The first-order valence-electron chi connectivity index (χ1n) is 36.5. The number of fused-ring (bicyclic) bond motifs is 6. The van der Waals surface area contributed by atoms with E-state index in [4.69, 9.17) is 0 Å². The highest BCUT2D eigenvalue weighted by molar-refractivity contribution is 6.16. The van der Waals surface area contributed by atoms with Crippen molar-refractivity contribution >= 4 is 88.0 Å². The Hall–Kier alpha value is -13.9. The first-order chi connectivity index (χ1) is 52.5. The summed E-state index contributed by atoms with van der Waals surface area (Å²) in [6.07, 6.45) is 0. The Labute approximate surface area is 618 Å². The van der Waals surface area contributed by atoms with Crippen molar-refractivity contribution in [2.45, 2.75) is 0 Å². The fraction of sp³-hybridized carbons (Fsp3) is 0. The Morgan fingerprint density at radius 2 is 0.396 bits per heavy atom. The highest BCUT2D eigenvalue weighted by Crippen LogP contribution is 2.48. The van der Waals surface area contributed by atoms with Crippen molar-refractivity contribution in [1.29, 1.82) is 0 Å². The molecule has 0 saturated heterocycles. The lowest BCUT2D eigenvalue weighted by atomic mass is 9.92. The van der Waals surface area contributed by atoms with Crippen LogP contribution in [-0.2, 0) is 0 Å². The molecule has 0 fully saturated rings. The predicted octanol–water partition coefficient (Wildman–Crippen LogP) is 29.4. The first-order valence-corrected chi connectivity index (χ1v) is 36.5. The van der Waals surface area contributed by atoms with Crippen LogP contribution in [0, 0.1) is 0 Å². The van der Waals surface area contributed by atoms with Crippen LogP contribution in [0.15, 0.2) is 425 Å². The molecule has 106 heavy (non-hydrogen) atoms. The van der Waals surface area contributed by atoms with Crippen LogP contribution < -0.4 is 9.80 Å². The summed E-state index contributed by atoms with van der Waals surface area (Å²) in [5.74, 6) is 0. The summed E-state index contributed by atoms with van der Waals surface area (Å²) in [5.41, 5.74) is 27.7. The summed E-state index contributed by atoms with van der Waals surface area (Å²) in [4.78, 5) is 4.85. The van der Waals surface area contributed by atoms with E-state index in [-0.39, 0.29) is 0 Å². The summed E-state index contributed by atoms with van der Waals surface area (Å²) >= 11 is 0. The molecule has 0 saturated carbocycles. The molecule has 496 valence electrons. The van der Waals surface area contributed by atoms with Crippen LogP contribution in [0.4, 0.5) is 34.1 Å². The third-order valence-electron chi connectivity index (χ3n) is 21.2. The number of hydrogen-bond donors (Lipinski definition) is 0. The van der Waals surface area contributed by atoms with E-state index in [1.807, 2.05) is 0 Å². The lowest BCUT2D eigenvalue weighted by molar-refractivity contribution is 1.28. The van der Waals surface area contributed by atoms with E-state index < -0.39 is 0 Å². The van der Waals surface area contributed by atoms with Gasteiger partial charge in [0.1, 0.15) is 0 Å². The topological polar surface area (TPSA) is 6.48 Å². The molecule has 0 atom stereocenters. The van der Waals surface area contributed by atoms with Gasteiger partial charge >= 0.3 is 0 Å². The van der Waals surface area contributed by atoms with Gasteiger partial charge in [0.05, 0.1) is 5.69 Å². The highest BCUT2D eigenvalue weighted by atomic mass is 15.1. The Morgan fingerprint density at radius 3 is 0.858 bits per heavy atom. The lowest BCUT2D eigenvalue weighted by Gasteiger charge is -2.29. The van der Waals surface area contributed by atoms with Crippen molar-refractivity contribution in [3.63, 3.8) is 0 Å². The predicted molar refractivity (Wildman–Crippen MR) is 452 cm³/mol. The minimum atomic E-state index is 1.07. The lowest BCUT2D eigenvalue weighted by Crippen LogP contribution is -2.11. The largest absolute Gasteiger partial charge is 0.310 e. The number of hydrogen-bond acceptors (Lipinski definition) is 2. The molecule has 2 nitrogen and oxygen atoms in total. The molecule has 0 N–H and O–H groups in total. The third kappa shape index (κ3) is 12.2. The molecular formula is C104H70N2. The Kier molecular flexibility index (Phi) is 16.3. The fourth-order valence-electron chi connectivity index (χ4n) is 15.7. The minimum Gasteiger partial charge on any atom is -0.310 e. The molecule has 0 aliphatic heterocycles. The van der Waals surface area contributed by atoms with Crippen molar-refractivity contribution in [2.75, 3.05) is 9.80 Å². The van der Waals surface area contributed by atoms with Crippen LogP contribution in [0.2, 0.25) is 0 Å². The molecule has 0 aliphatic rings. The average Bonchev–Trinajstić information content (AvgIpc) is 0.744. The summed E-state index contributed by atoms with van der Waals surface area (Å²) in [7, 11) is 0. The van der Waals surface area contributed by atoms with E-state index in [1.165, 1.54) is 137 Å². The van der Waals surface area contributed by atoms with Gasteiger partial charge < -0.3 is 9.80 Å². The van der Waals surface area contributed by atoms with Crippen LogP contribution in [0.3, 0.4) is 0 Å². The second-order valence-corrected chi connectivity index (χ2v) is 27.6. The average molecular weight is 1350 g/mol. The Bertz CT molecular complexity index is 6330. The van der Waals surface area contributed by atoms with Gasteiger partial charge in [0.25, 0.3) is 0 Å². The van der Waals surface area contributed by atoms with Crippen LogP contribution >= 0.6 is 0 Å². The molecular weight excluding hydrogens is 1280 g/mol. The molecule has 0 bridgehead atoms. The molecule has 19 aromatic rings. The van der Waals surface area contributed by atoms with Crippen molar-refractivity contribution in [1.82, 2.24) is 0 Å². The zero-order valence-corrected chi connectivity index (χ0v) is 58.3. The number of rotatable bonds is 15. The first kappa shape index (κ1) is 63.0. The van der Waals surface area contributed by atoms with Gasteiger partial charge in [-0.25, -0.2) is 0 Å². The van der Waals surface area contributed by atoms with Gasteiger partial charge in [0.15, 0.2) is 0 Å². The van der Waals surface area contributed by atoms with E-state index >= 15 is 0 Å². The smallest absolute Gasteiger partial charge is 0.0546 e. The van der Waals surface area contributed by atoms with E-state index in [9.17, 15) is 0 Å². The van der Waals surface area contributed by atoms with Crippen molar-refractivity contribution < 1.29 is 0 Å². The normalized spacial score (nSPS) is 11.4. The molecule has 0 aliphatic carbocycles. The molecule has 0 unspecified atom stereocenters. The van der Waals surface area contributed by atoms with Gasteiger partial charge in [0.2, 0.25) is 0 Å². The van der Waals surface area contributed by atoms with Crippen LogP contribution in [0.1, 0.15) is 0 Å². The quantitative estimate of drug-likeness (QED) is 0.0944. The Morgan fingerprint density at radius 1 is 0.123 bits per heavy atom. The zero-order chi connectivity index (χ0) is 70.3. The van der Waals surface area contributed by atoms with E-state index in [0.717, 1.165) is 50.8 Å². The Balaban J connectivity index is 0.637. The van der Waals surface area contributed by atoms with Gasteiger partial charge in [-0.3, -0.25) is 0 Å². The fourth-order valence-corrected chi connectivity index (χ4v) is 15.7.